The van der Waals surface area contributed by atoms with Gasteiger partial charge in [0.05, 0.1) is 12.9 Å². The van der Waals surface area contributed by atoms with Gasteiger partial charge in [-0.1, -0.05) is 0 Å². The van der Waals surface area contributed by atoms with E-state index in [4.69, 9.17) is 9.15 Å². The Bertz CT molecular complexity index is 253. The Labute approximate surface area is 71.7 Å². The Balaban J connectivity index is 2.12. The van der Waals surface area contributed by atoms with Crippen molar-refractivity contribution in [2.24, 2.45) is 0 Å². The minimum atomic E-state index is 0.560. The first kappa shape index (κ1) is 7.83. The average Bonchev–Trinajstić information content (AvgIpc) is 2.35. The minimum absolute atomic E-state index is 0.560. The van der Waals surface area contributed by atoms with Crippen molar-refractivity contribution < 1.29 is 9.15 Å². The Hall–Kier alpha value is -0.800. The van der Waals surface area contributed by atoms with Gasteiger partial charge in [0.1, 0.15) is 5.76 Å². The Kier molecular flexibility index (Phi) is 2.15. The van der Waals surface area contributed by atoms with Crippen LogP contribution in [0.5, 0.6) is 0 Å². The molecule has 0 aromatic carbocycles. The third-order valence-electron chi connectivity index (χ3n) is 2.23. The smallest absolute Gasteiger partial charge is 0.114 e. The van der Waals surface area contributed by atoms with Gasteiger partial charge in [0.25, 0.3) is 0 Å². The van der Waals surface area contributed by atoms with Crippen molar-refractivity contribution in [1.82, 2.24) is 5.32 Å². The van der Waals surface area contributed by atoms with Crippen LogP contribution in [0.4, 0.5) is 0 Å². The molecule has 0 saturated carbocycles. The summed E-state index contributed by atoms with van der Waals surface area (Å²) < 4.78 is 10.5. The van der Waals surface area contributed by atoms with Gasteiger partial charge in [-0.3, -0.25) is 0 Å². The van der Waals surface area contributed by atoms with Crippen LogP contribution in [-0.4, -0.2) is 20.2 Å². The van der Waals surface area contributed by atoms with Crippen molar-refractivity contribution in [2.75, 3.05) is 20.2 Å². The lowest BCUT2D eigenvalue weighted by molar-refractivity contribution is 0.181. The molecule has 66 valence electrons. The van der Waals surface area contributed by atoms with Crippen molar-refractivity contribution in [3.8, 4) is 0 Å². The van der Waals surface area contributed by atoms with E-state index in [1.165, 1.54) is 5.56 Å². The van der Waals surface area contributed by atoms with E-state index in [1.54, 1.807) is 13.4 Å². The fraction of sp³-hybridized carbons (Fsp3) is 0.556. The maximum atomic E-state index is 5.40. The van der Waals surface area contributed by atoms with Crippen LogP contribution in [0.1, 0.15) is 17.2 Å². The maximum Gasteiger partial charge on any atom is 0.114 e. The van der Waals surface area contributed by atoms with Gasteiger partial charge in [0.15, 0.2) is 0 Å². The van der Waals surface area contributed by atoms with Gasteiger partial charge in [-0.2, -0.15) is 0 Å². The van der Waals surface area contributed by atoms with Crippen LogP contribution in [0, 0.1) is 0 Å². The lowest BCUT2D eigenvalue weighted by Crippen LogP contribution is -2.40. The second-order valence-electron chi connectivity index (χ2n) is 3.10. The molecule has 1 aromatic heterocycles. The van der Waals surface area contributed by atoms with E-state index in [-0.39, 0.29) is 0 Å². The zero-order valence-corrected chi connectivity index (χ0v) is 7.17. The van der Waals surface area contributed by atoms with Gasteiger partial charge in [-0.25, -0.2) is 0 Å². The molecule has 0 bridgehead atoms. The Morgan fingerprint density at radius 2 is 2.50 bits per heavy atom. The third kappa shape index (κ3) is 1.26. The summed E-state index contributed by atoms with van der Waals surface area (Å²) in [6, 6.07) is 1.98. The van der Waals surface area contributed by atoms with Crippen LogP contribution in [0.25, 0.3) is 0 Å². The number of furan rings is 1. The molecule has 12 heavy (non-hydrogen) atoms. The van der Waals surface area contributed by atoms with E-state index in [0.29, 0.717) is 12.5 Å². The maximum absolute atomic E-state index is 5.40. The fourth-order valence-corrected chi connectivity index (χ4v) is 1.45. The first-order valence-electron chi connectivity index (χ1n) is 4.17. The van der Waals surface area contributed by atoms with E-state index in [1.807, 2.05) is 6.07 Å². The number of methoxy groups -OCH3 is 1. The van der Waals surface area contributed by atoms with Gasteiger partial charge >= 0.3 is 0 Å². The number of hydrogen-bond acceptors (Lipinski definition) is 3. The van der Waals surface area contributed by atoms with Crippen LogP contribution in [0.15, 0.2) is 16.7 Å². The van der Waals surface area contributed by atoms with Crippen molar-refractivity contribution >= 4 is 0 Å². The van der Waals surface area contributed by atoms with Crippen LogP contribution in [-0.2, 0) is 11.3 Å². The van der Waals surface area contributed by atoms with Gasteiger partial charge in [-0.05, 0) is 6.07 Å². The van der Waals surface area contributed by atoms with Crippen molar-refractivity contribution in [3.05, 3.63) is 23.7 Å². The first-order valence-corrected chi connectivity index (χ1v) is 4.17. The summed E-state index contributed by atoms with van der Waals surface area (Å²) in [5.41, 5.74) is 1.18. The van der Waals surface area contributed by atoms with E-state index in [0.717, 1.165) is 18.8 Å². The number of rotatable bonds is 3. The summed E-state index contributed by atoms with van der Waals surface area (Å²) in [5.74, 6) is 1.65. The minimum Gasteiger partial charge on any atom is -0.469 e. The van der Waals surface area contributed by atoms with Gasteiger partial charge < -0.3 is 14.5 Å². The summed E-state index contributed by atoms with van der Waals surface area (Å²) in [7, 11) is 1.70. The highest BCUT2D eigenvalue weighted by Gasteiger charge is 2.24. The second-order valence-corrected chi connectivity index (χ2v) is 3.10. The lowest BCUT2D eigenvalue weighted by atomic mass is 9.97. The zero-order chi connectivity index (χ0) is 8.39. The molecule has 0 radical (unpaired) electrons. The number of ether oxygens (including phenoxy) is 1. The molecule has 2 heterocycles. The standard InChI is InChI=1S/C9H13NO2/c1-11-6-7-2-3-12-9(7)8-4-10-5-8/h2-3,8,10H,4-6H2,1H3. The molecule has 2 rings (SSSR count). The topological polar surface area (TPSA) is 34.4 Å². The van der Waals surface area contributed by atoms with Gasteiger partial charge in [0, 0.05) is 31.7 Å². The van der Waals surface area contributed by atoms with Crippen LogP contribution in [0.2, 0.25) is 0 Å². The fourth-order valence-electron chi connectivity index (χ4n) is 1.45. The average molecular weight is 167 g/mol. The van der Waals surface area contributed by atoms with Gasteiger partial charge in [0.2, 0.25) is 0 Å². The first-order chi connectivity index (χ1) is 5.92. The molecule has 0 aliphatic carbocycles. The molecule has 0 atom stereocenters. The SMILES string of the molecule is COCc1ccoc1C1CNC1. The number of nitrogens with one attached hydrogen (secondary N) is 1. The van der Waals surface area contributed by atoms with Crippen molar-refractivity contribution in [2.45, 2.75) is 12.5 Å². The second kappa shape index (κ2) is 3.29. The molecule has 1 aliphatic heterocycles. The Morgan fingerprint density at radius 1 is 1.67 bits per heavy atom. The molecule has 3 nitrogen and oxygen atoms in total. The summed E-state index contributed by atoms with van der Waals surface area (Å²) in [6.45, 7) is 2.72. The molecule has 0 unspecified atom stereocenters. The molecule has 1 N–H and O–H groups in total. The molecule has 1 saturated heterocycles. The van der Waals surface area contributed by atoms with E-state index in [9.17, 15) is 0 Å². The van der Waals surface area contributed by atoms with E-state index >= 15 is 0 Å². The highest BCUT2D eigenvalue weighted by atomic mass is 16.5. The summed E-state index contributed by atoms with van der Waals surface area (Å²) >= 11 is 0. The normalized spacial score (nSPS) is 17.8. The third-order valence-corrected chi connectivity index (χ3v) is 2.23. The Morgan fingerprint density at radius 3 is 3.08 bits per heavy atom. The van der Waals surface area contributed by atoms with E-state index in [2.05, 4.69) is 5.32 Å². The number of hydrogen-bond donors (Lipinski definition) is 1. The molecule has 1 aliphatic rings. The monoisotopic (exact) mass is 167 g/mol. The molecular formula is C9H13NO2. The van der Waals surface area contributed by atoms with Gasteiger partial charge in [-0.15, -0.1) is 0 Å². The molecule has 1 fully saturated rings. The molecule has 1 aromatic rings. The summed E-state index contributed by atoms with van der Waals surface area (Å²) in [5, 5.41) is 3.22. The highest BCUT2D eigenvalue weighted by molar-refractivity contribution is 5.22. The predicted molar refractivity (Wildman–Crippen MR) is 45.0 cm³/mol. The van der Waals surface area contributed by atoms with Crippen molar-refractivity contribution in [3.63, 3.8) is 0 Å². The molecular weight excluding hydrogens is 154 g/mol. The summed E-state index contributed by atoms with van der Waals surface area (Å²) in [4.78, 5) is 0. The van der Waals surface area contributed by atoms with E-state index < -0.39 is 0 Å². The van der Waals surface area contributed by atoms with Crippen LogP contribution >= 0.6 is 0 Å². The highest BCUT2D eigenvalue weighted by Crippen LogP contribution is 2.24. The molecule has 3 heteroatoms. The van der Waals surface area contributed by atoms with Crippen LogP contribution < -0.4 is 5.32 Å². The molecule has 0 spiro atoms. The largest absolute Gasteiger partial charge is 0.469 e. The quantitative estimate of drug-likeness (QED) is 0.732. The molecule has 0 amide bonds. The zero-order valence-electron chi connectivity index (χ0n) is 7.17. The van der Waals surface area contributed by atoms with Crippen molar-refractivity contribution in [1.29, 1.82) is 0 Å². The van der Waals surface area contributed by atoms with Crippen LogP contribution in [0.3, 0.4) is 0 Å². The summed E-state index contributed by atoms with van der Waals surface area (Å²) in [6.07, 6.45) is 1.74. The lowest BCUT2D eigenvalue weighted by Gasteiger charge is -2.25. The predicted octanol–water partition coefficient (Wildman–Crippen LogP) is 1.11.